The Labute approximate surface area is 112 Å². The SMILES string of the molecule is O=C(Nc1[nH]ncc1C(=O)O)c1ccc2c(c1)OCO2. The summed E-state index contributed by atoms with van der Waals surface area (Å²) in [5, 5.41) is 17.4. The molecule has 3 rings (SSSR count). The van der Waals surface area contributed by atoms with Crippen molar-refractivity contribution in [3.05, 3.63) is 35.5 Å². The van der Waals surface area contributed by atoms with Crippen LogP contribution in [0.5, 0.6) is 11.5 Å². The van der Waals surface area contributed by atoms with Gasteiger partial charge in [-0.3, -0.25) is 9.89 Å². The smallest absolute Gasteiger partial charge is 0.341 e. The summed E-state index contributed by atoms with van der Waals surface area (Å²) in [6.07, 6.45) is 1.12. The fourth-order valence-corrected chi connectivity index (χ4v) is 1.77. The summed E-state index contributed by atoms with van der Waals surface area (Å²) in [5.41, 5.74) is 0.208. The standard InChI is InChI=1S/C12H9N3O5/c16-11(14-10-7(12(17)18)4-13-15-10)6-1-2-8-9(3-6)20-5-19-8/h1-4H,5H2,(H,17,18)(H2,13,14,15,16). The number of rotatable bonds is 3. The fourth-order valence-electron chi connectivity index (χ4n) is 1.77. The third-order valence-electron chi connectivity index (χ3n) is 2.74. The predicted octanol–water partition coefficient (Wildman–Crippen LogP) is 1.09. The van der Waals surface area contributed by atoms with Gasteiger partial charge < -0.3 is 19.9 Å². The number of carboxylic acids is 1. The maximum atomic E-state index is 12.0. The van der Waals surface area contributed by atoms with Crippen molar-refractivity contribution in [1.29, 1.82) is 0 Å². The molecule has 0 saturated heterocycles. The number of H-pyrrole nitrogens is 1. The predicted molar refractivity (Wildman–Crippen MR) is 66.1 cm³/mol. The van der Waals surface area contributed by atoms with Crippen molar-refractivity contribution in [1.82, 2.24) is 10.2 Å². The Morgan fingerprint density at radius 3 is 2.90 bits per heavy atom. The van der Waals surface area contributed by atoms with E-state index in [2.05, 4.69) is 15.5 Å². The average Bonchev–Trinajstić information content (AvgIpc) is 3.05. The van der Waals surface area contributed by atoms with E-state index < -0.39 is 11.9 Å². The Hall–Kier alpha value is -3.03. The van der Waals surface area contributed by atoms with Gasteiger partial charge in [0.1, 0.15) is 11.4 Å². The van der Waals surface area contributed by atoms with Crippen molar-refractivity contribution < 1.29 is 24.2 Å². The largest absolute Gasteiger partial charge is 0.477 e. The highest BCUT2D eigenvalue weighted by Crippen LogP contribution is 2.32. The van der Waals surface area contributed by atoms with Crippen LogP contribution in [-0.2, 0) is 0 Å². The number of nitrogens with zero attached hydrogens (tertiary/aromatic N) is 1. The van der Waals surface area contributed by atoms with Crippen molar-refractivity contribution in [3.63, 3.8) is 0 Å². The van der Waals surface area contributed by atoms with Gasteiger partial charge in [-0.1, -0.05) is 0 Å². The molecule has 2 heterocycles. The zero-order valence-electron chi connectivity index (χ0n) is 10.0. The summed E-state index contributed by atoms with van der Waals surface area (Å²) in [7, 11) is 0. The van der Waals surface area contributed by atoms with Crippen LogP contribution in [0.2, 0.25) is 0 Å². The molecule has 0 spiro atoms. The van der Waals surface area contributed by atoms with E-state index in [0.29, 0.717) is 17.1 Å². The maximum Gasteiger partial charge on any atom is 0.341 e. The quantitative estimate of drug-likeness (QED) is 0.772. The molecule has 3 N–H and O–H groups in total. The Morgan fingerprint density at radius 2 is 2.10 bits per heavy atom. The molecule has 1 aliphatic heterocycles. The zero-order valence-corrected chi connectivity index (χ0v) is 10.0. The average molecular weight is 275 g/mol. The van der Waals surface area contributed by atoms with Crippen molar-refractivity contribution in [3.8, 4) is 11.5 Å². The van der Waals surface area contributed by atoms with Crippen LogP contribution in [0.3, 0.4) is 0 Å². The molecular formula is C12H9N3O5. The van der Waals surface area contributed by atoms with Gasteiger partial charge in [-0.25, -0.2) is 4.79 Å². The van der Waals surface area contributed by atoms with Gasteiger partial charge in [-0.05, 0) is 18.2 Å². The number of aromatic nitrogens is 2. The number of hydrogen-bond acceptors (Lipinski definition) is 5. The number of carbonyl (C=O) groups excluding carboxylic acids is 1. The molecule has 102 valence electrons. The Balaban J connectivity index is 1.83. The normalized spacial score (nSPS) is 12.2. The first-order valence-electron chi connectivity index (χ1n) is 5.63. The molecule has 1 aromatic carbocycles. The topological polar surface area (TPSA) is 114 Å². The van der Waals surface area contributed by atoms with Crippen LogP contribution >= 0.6 is 0 Å². The van der Waals surface area contributed by atoms with Gasteiger partial charge in [0.05, 0.1) is 6.20 Å². The second kappa shape index (κ2) is 4.57. The summed E-state index contributed by atoms with van der Waals surface area (Å²) in [5.74, 6) is -0.593. The highest BCUT2D eigenvalue weighted by Gasteiger charge is 2.19. The third-order valence-corrected chi connectivity index (χ3v) is 2.74. The molecule has 0 fully saturated rings. The lowest BCUT2D eigenvalue weighted by atomic mass is 10.2. The number of amides is 1. The van der Waals surface area contributed by atoms with E-state index in [1.54, 1.807) is 12.1 Å². The molecule has 0 radical (unpaired) electrons. The first-order chi connectivity index (χ1) is 9.65. The summed E-state index contributed by atoms with van der Waals surface area (Å²) in [4.78, 5) is 22.9. The van der Waals surface area contributed by atoms with E-state index in [1.165, 1.54) is 6.07 Å². The highest BCUT2D eigenvalue weighted by molar-refractivity contribution is 6.07. The molecule has 0 bridgehead atoms. The first-order valence-corrected chi connectivity index (χ1v) is 5.63. The Kier molecular flexibility index (Phi) is 2.75. The molecule has 8 nitrogen and oxygen atoms in total. The van der Waals surface area contributed by atoms with Crippen LogP contribution in [0.4, 0.5) is 5.82 Å². The number of carbonyl (C=O) groups is 2. The molecule has 1 aliphatic rings. The molecular weight excluding hydrogens is 266 g/mol. The minimum Gasteiger partial charge on any atom is -0.477 e. The van der Waals surface area contributed by atoms with Gasteiger partial charge in [-0.2, -0.15) is 5.10 Å². The van der Waals surface area contributed by atoms with Crippen LogP contribution in [0.1, 0.15) is 20.7 Å². The van der Waals surface area contributed by atoms with Crippen molar-refractivity contribution >= 4 is 17.7 Å². The van der Waals surface area contributed by atoms with E-state index in [1.807, 2.05) is 0 Å². The Morgan fingerprint density at radius 1 is 1.30 bits per heavy atom. The number of aromatic carboxylic acids is 1. The second-order valence-electron chi connectivity index (χ2n) is 3.99. The molecule has 0 atom stereocenters. The van der Waals surface area contributed by atoms with Gasteiger partial charge in [0.25, 0.3) is 5.91 Å². The maximum absolute atomic E-state index is 12.0. The summed E-state index contributed by atoms with van der Waals surface area (Å²) in [6, 6.07) is 4.69. The van der Waals surface area contributed by atoms with Gasteiger partial charge in [-0.15, -0.1) is 0 Å². The van der Waals surface area contributed by atoms with Crippen LogP contribution in [0.15, 0.2) is 24.4 Å². The molecule has 0 aliphatic carbocycles. The van der Waals surface area contributed by atoms with Crippen LogP contribution < -0.4 is 14.8 Å². The van der Waals surface area contributed by atoms with Crippen molar-refractivity contribution in [2.24, 2.45) is 0 Å². The molecule has 2 aromatic rings. The summed E-state index contributed by atoms with van der Waals surface area (Å²) < 4.78 is 10.3. The van der Waals surface area contributed by atoms with Gasteiger partial charge in [0, 0.05) is 5.56 Å². The fraction of sp³-hybridized carbons (Fsp3) is 0.0833. The van der Waals surface area contributed by atoms with Crippen LogP contribution in [0, 0.1) is 0 Å². The first kappa shape index (κ1) is 12.0. The number of ether oxygens (including phenoxy) is 2. The molecule has 0 unspecified atom stereocenters. The molecule has 1 aromatic heterocycles. The van der Waals surface area contributed by atoms with Crippen LogP contribution in [-0.4, -0.2) is 34.0 Å². The molecule has 0 saturated carbocycles. The number of carboxylic acid groups (broad SMARTS) is 1. The van der Waals surface area contributed by atoms with Gasteiger partial charge in [0.15, 0.2) is 11.5 Å². The Bertz CT molecular complexity index is 694. The van der Waals surface area contributed by atoms with Crippen molar-refractivity contribution in [2.45, 2.75) is 0 Å². The third kappa shape index (κ3) is 2.03. The summed E-state index contributed by atoms with van der Waals surface area (Å²) >= 11 is 0. The van der Waals surface area contributed by atoms with E-state index in [4.69, 9.17) is 14.6 Å². The summed E-state index contributed by atoms with van der Waals surface area (Å²) in [6.45, 7) is 0.115. The number of aromatic amines is 1. The van der Waals surface area contributed by atoms with E-state index in [0.717, 1.165) is 6.20 Å². The lowest BCUT2D eigenvalue weighted by Crippen LogP contribution is -2.14. The lowest BCUT2D eigenvalue weighted by molar-refractivity contribution is 0.0698. The number of fused-ring (bicyclic) bond motifs is 1. The molecule has 1 amide bonds. The highest BCUT2D eigenvalue weighted by atomic mass is 16.7. The lowest BCUT2D eigenvalue weighted by Gasteiger charge is -2.04. The minimum atomic E-state index is -1.18. The van der Waals surface area contributed by atoms with Gasteiger partial charge in [0.2, 0.25) is 6.79 Å². The number of benzene rings is 1. The second-order valence-corrected chi connectivity index (χ2v) is 3.99. The van der Waals surface area contributed by atoms with Gasteiger partial charge >= 0.3 is 5.97 Å². The zero-order chi connectivity index (χ0) is 14.1. The number of anilines is 1. The number of hydrogen-bond donors (Lipinski definition) is 3. The van der Waals surface area contributed by atoms with E-state index >= 15 is 0 Å². The monoisotopic (exact) mass is 275 g/mol. The van der Waals surface area contributed by atoms with E-state index in [-0.39, 0.29) is 18.2 Å². The van der Waals surface area contributed by atoms with Crippen molar-refractivity contribution in [2.75, 3.05) is 12.1 Å². The van der Waals surface area contributed by atoms with E-state index in [9.17, 15) is 9.59 Å². The number of nitrogens with one attached hydrogen (secondary N) is 2. The molecule has 20 heavy (non-hydrogen) atoms. The van der Waals surface area contributed by atoms with Crippen LogP contribution in [0.25, 0.3) is 0 Å². The minimum absolute atomic E-state index is 0.0279. The molecule has 8 heteroatoms.